The fourth-order valence-corrected chi connectivity index (χ4v) is 3.85. The summed E-state index contributed by atoms with van der Waals surface area (Å²) >= 11 is 0.893. The van der Waals surface area contributed by atoms with Gasteiger partial charge in [-0.15, -0.1) is 0 Å². The minimum absolute atomic E-state index is 0.00383. The lowest BCUT2D eigenvalue weighted by atomic mass is 10.3. The van der Waals surface area contributed by atoms with Crippen molar-refractivity contribution < 1.29 is 19.1 Å². The molecule has 0 unspecified atom stereocenters. The highest BCUT2D eigenvalue weighted by Crippen LogP contribution is 2.21. The Balaban J connectivity index is 1.62. The van der Waals surface area contributed by atoms with Crippen molar-refractivity contribution in [3.63, 3.8) is 0 Å². The first-order valence-electron chi connectivity index (χ1n) is 10.8. The van der Waals surface area contributed by atoms with Crippen molar-refractivity contribution in [3.8, 4) is 0 Å². The molecule has 0 fully saturated rings. The fraction of sp³-hybridized carbons (Fsp3) is 0.273. The van der Waals surface area contributed by atoms with Crippen LogP contribution in [0.1, 0.15) is 10.4 Å². The summed E-state index contributed by atoms with van der Waals surface area (Å²) in [6.07, 6.45) is 1.39. The number of carbonyl (C=O) groups is 3. The maximum atomic E-state index is 12.6. The minimum atomic E-state index is -0.900. The molecule has 0 atom stereocenters. The number of carbonyl (C=O) groups excluding carboxylic acids is 3. The van der Waals surface area contributed by atoms with E-state index in [-0.39, 0.29) is 28.0 Å². The van der Waals surface area contributed by atoms with Gasteiger partial charge in [-0.05, 0) is 12.1 Å². The van der Waals surface area contributed by atoms with Gasteiger partial charge >= 0.3 is 17.3 Å². The molecule has 3 rings (SSSR count). The molecule has 2 N–H and O–H groups in total. The standard InChI is InChI=1S/C22H23N7O8S/c1-26-13(8-17(32)28(3)21(26)35)24-15(30)10-37-20(34)12-6-5-7-23-19(12)38-11-16(31)25-14-9-18(33)29(4)22(36)27(14)2/h5-9H,10-11H2,1-4H3,(H,24,30)(H,25,31). The largest absolute Gasteiger partial charge is 0.452 e. The maximum Gasteiger partial charge on any atom is 0.341 e. The molecule has 0 aliphatic heterocycles. The number of nitrogens with one attached hydrogen (secondary N) is 2. The second-order valence-corrected chi connectivity index (χ2v) is 8.82. The van der Waals surface area contributed by atoms with Gasteiger partial charge in [0.2, 0.25) is 5.91 Å². The third-order valence-electron chi connectivity index (χ3n) is 5.25. The average molecular weight is 546 g/mol. The van der Waals surface area contributed by atoms with E-state index in [2.05, 4.69) is 15.6 Å². The molecule has 2 amide bonds. The Morgan fingerprint density at radius 3 is 1.92 bits per heavy atom. The predicted octanol–water partition coefficient (Wildman–Crippen LogP) is -1.60. The smallest absolute Gasteiger partial charge is 0.341 e. The van der Waals surface area contributed by atoms with Gasteiger partial charge in [-0.1, -0.05) is 11.8 Å². The van der Waals surface area contributed by atoms with Gasteiger partial charge in [-0.25, -0.2) is 19.4 Å². The summed E-state index contributed by atoms with van der Waals surface area (Å²) < 4.78 is 8.93. The van der Waals surface area contributed by atoms with Crippen LogP contribution in [0.3, 0.4) is 0 Å². The van der Waals surface area contributed by atoms with E-state index in [0.717, 1.165) is 42.2 Å². The molecule has 0 saturated carbocycles. The van der Waals surface area contributed by atoms with E-state index >= 15 is 0 Å². The molecule has 200 valence electrons. The van der Waals surface area contributed by atoms with Crippen LogP contribution in [0.5, 0.6) is 0 Å². The monoisotopic (exact) mass is 545 g/mol. The van der Waals surface area contributed by atoms with Crippen molar-refractivity contribution in [2.75, 3.05) is 23.0 Å². The Hall–Kier alpha value is -4.73. The third-order valence-corrected chi connectivity index (χ3v) is 6.26. The summed E-state index contributed by atoms with van der Waals surface area (Å²) in [6, 6.07) is 5.01. The second-order valence-electron chi connectivity index (χ2n) is 7.85. The summed E-state index contributed by atoms with van der Waals surface area (Å²) in [4.78, 5) is 88.9. The van der Waals surface area contributed by atoms with Crippen LogP contribution in [-0.2, 0) is 42.5 Å². The van der Waals surface area contributed by atoms with Crippen molar-refractivity contribution in [2.24, 2.45) is 28.2 Å². The zero-order valence-corrected chi connectivity index (χ0v) is 21.5. The van der Waals surface area contributed by atoms with E-state index in [1.807, 2.05) is 0 Å². The number of aromatic nitrogens is 5. The molecule has 16 heteroatoms. The van der Waals surface area contributed by atoms with Crippen LogP contribution in [0.25, 0.3) is 0 Å². The maximum absolute atomic E-state index is 12.6. The zero-order valence-electron chi connectivity index (χ0n) is 20.7. The van der Waals surface area contributed by atoms with Gasteiger partial charge in [0.25, 0.3) is 17.0 Å². The number of thioether (sulfide) groups is 1. The molecule has 0 aliphatic rings. The van der Waals surface area contributed by atoms with E-state index in [9.17, 15) is 33.6 Å². The highest BCUT2D eigenvalue weighted by molar-refractivity contribution is 8.00. The Labute approximate surface area is 217 Å². The predicted molar refractivity (Wildman–Crippen MR) is 136 cm³/mol. The van der Waals surface area contributed by atoms with Crippen LogP contribution >= 0.6 is 11.8 Å². The Bertz CT molecular complexity index is 1670. The van der Waals surface area contributed by atoms with Gasteiger partial charge in [0.05, 0.1) is 11.3 Å². The molecule has 38 heavy (non-hydrogen) atoms. The van der Waals surface area contributed by atoms with Gasteiger partial charge in [0.1, 0.15) is 16.7 Å². The molecule has 0 aliphatic carbocycles. The van der Waals surface area contributed by atoms with Crippen LogP contribution in [-0.4, -0.2) is 53.4 Å². The molecule has 0 aromatic carbocycles. The number of pyridine rings is 1. The van der Waals surface area contributed by atoms with Crippen molar-refractivity contribution in [2.45, 2.75) is 5.03 Å². The highest BCUT2D eigenvalue weighted by atomic mass is 32.2. The molecule has 15 nitrogen and oxygen atoms in total. The van der Waals surface area contributed by atoms with E-state index in [0.29, 0.717) is 0 Å². The molecule has 0 bridgehead atoms. The van der Waals surface area contributed by atoms with Crippen molar-refractivity contribution in [3.05, 3.63) is 77.7 Å². The van der Waals surface area contributed by atoms with Gasteiger partial charge in [0.15, 0.2) is 6.61 Å². The van der Waals surface area contributed by atoms with Gasteiger partial charge < -0.3 is 15.4 Å². The number of nitrogens with zero attached hydrogens (tertiary/aromatic N) is 5. The molecular weight excluding hydrogens is 522 g/mol. The van der Waals surface area contributed by atoms with Crippen molar-refractivity contribution in [1.82, 2.24) is 23.3 Å². The third kappa shape index (κ3) is 6.15. The van der Waals surface area contributed by atoms with Gasteiger partial charge in [-0.2, -0.15) is 0 Å². The Morgan fingerprint density at radius 1 is 0.842 bits per heavy atom. The zero-order chi connectivity index (χ0) is 28.1. The number of esters is 1. The first kappa shape index (κ1) is 27.9. The normalized spacial score (nSPS) is 10.6. The number of hydrogen-bond acceptors (Lipinski definition) is 10. The molecule has 3 aromatic heterocycles. The van der Waals surface area contributed by atoms with E-state index in [1.165, 1.54) is 46.5 Å². The summed E-state index contributed by atoms with van der Waals surface area (Å²) in [5.74, 6) is -2.55. The molecule has 0 radical (unpaired) electrons. The molecule has 3 heterocycles. The summed E-state index contributed by atoms with van der Waals surface area (Å²) in [5.41, 5.74) is -2.50. The lowest BCUT2D eigenvalue weighted by Gasteiger charge is -2.12. The minimum Gasteiger partial charge on any atom is -0.452 e. The van der Waals surface area contributed by atoms with Gasteiger partial charge in [0, 0.05) is 46.5 Å². The lowest BCUT2D eigenvalue weighted by Crippen LogP contribution is -2.38. The van der Waals surface area contributed by atoms with Crippen LogP contribution in [0, 0.1) is 0 Å². The van der Waals surface area contributed by atoms with Gasteiger partial charge in [-0.3, -0.25) is 37.4 Å². The van der Waals surface area contributed by atoms with Crippen LogP contribution in [0.15, 0.2) is 54.7 Å². The van der Waals surface area contributed by atoms with Crippen LogP contribution in [0.2, 0.25) is 0 Å². The number of hydrogen-bond donors (Lipinski definition) is 2. The summed E-state index contributed by atoms with van der Waals surface area (Å²) in [6.45, 7) is -0.723. The Kier molecular flexibility index (Phi) is 8.46. The second kappa shape index (κ2) is 11.5. The van der Waals surface area contributed by atoms with Crippen molar-refractivity contribution >= 4 is 41.2 Å². The molecule has 3 aromatic rings. The SMILES string of the molecule is Cn1c(NC(=O)COC(=O)c2cccnc2SCC(=O)Nc2cc(=O)n(C)c(=O)n2C)cc(=O)n(C)c1=O. The lowest BCUT2D eigenvalue weighted by molar-refractivity contribution is -0.119. The van der Waals surface area contributed by atoms with E-state index in [1.54, 1.807) is 0 Å². The quantitative estimate of drug-likeness (QED) is 0.247. The summed E-state index contributed by atoms with van der Waals surface area (Å²) in [5, 5.41) is 4.93. The van der Waals surface area contributed by atoms with E-state index < -0.39 is 46.9 Å². The average Bonchev–Trinajstić information content (AvgIpc) is 2.89. The first-order valence-corrected chi connectivity index (χ1v) is 11.8. The summed E-state index contributed by atoms with van der Waals surface area (Å²) in [7, 11) is 5.35. The van der Waals surface area contributed by atoms with Crippen molar-refractivity contribution in [1.29, 1.82) is 0 Å². The van der Waals surface area contributed by atoms with E-state index in [4.69, 9.17) is 4.74 Å². The molecule has 0 spiro atoms. The molecular formula is C22H23N7O8S. The number of ether oxygens (including phenoxy) is 1. The fourth-order valence-electron chi connectivity index (χ4n) is 3.07. The number of amides is 2. The molecule has 0 saturated heterocycles. The first-order chi connectivity index (χ1) is 17.9. The Morgan fingerprint density at radius 2 is 1.37 bits per heavy atom. The van der Waals surface area contributed by atoms with Crippen LogP contribution in [0.4, 0.5) is 11.6 Å². The highest BCUT2D eigenvalue weighted by Gasteiger charge is 2.18. The number of anilines is 2. The van der Waals surface area contributed by atoms with Crippen LogP contribution < -0.4 is 33.1 Å². The number of rotatable bonds is 8. The topological polar surface area (TPSA) is 185 Å².